The van der Waals surface area contributed by atoms with Gasteiger partial charge in [0, 0.05) is 19.0 Å². The van der Waals surface area contributed by atoms with Gasteiger partial charge < -0.3 is 15.7 Å². The molecule has 0 unspecified atom stereocenters. The number of aliphatic carboxylic acids is 1. The lowest BCUT2D eigenvalue weighted by molar-refractivity contribution is -0.137. The molecule has 0 aliphatic carbocycles. The summed E-state index contributed by atoms with van der Waals surface area (Å²) in [7, 11) is 0. The van der Waals surface area contributed by atoms with Crippen LogP contribution in [0.2, 0.25) is 0 Å². The van der Waals surface area contributed by atoms with E-state index in [0.29, 0.717) is 13.0 Å². The number of hydrogen-bond acceptors (Lipinski definition) is 2. The number of carbonyl (C=O) groups excluding carboxylic acids is 1. The third-order valence-corrected chi connectivity index (χ3v) is 1.70. The van der Waals surface area contributed by atoms with Crippen LogP contribution in [-0.2, 0) is 4.79 Å². The van der Waals surface area contributed by atoms with Gasteiger partial charge in [0.25, 0.3) is 0 Å². The first-order valence-electron chi connectivity index (χ1n) is 4.23. The number of hydrogen-bond donors (Lipinski definition) is 2. The summed E-state index contributed by atoms with van der Waals surface area (Å²) >= 11 is 0. The maximum Gasteiger partial charge on any atom is 0.315 e. The Balaban J connectivity index is 3.84. The Morgan fingerprint density at radius 2 is 2.00 bits per heavy atom. The molecule has 0 heterocycles. The first kappa shape index (κ1) is 11.7. The minimum atomic E-state index is -0.854. The number of amides is 2. The van der Waals surface area contributed by atoms with Crippen LogP contribution in [0.3, 0.4) is 0 Å². The smallest absolute Gasteiger partial charge is 0.315 e. The zero-order valence-electron chi connectivity index (χ0n) is 7.99. The van der Waals surface area contributed by atoms with E-state index in [4.69, 9.17) is 10.8 Å². The molecule has 0 saturated heterocycles. The largest absolute Gasteiger partial charge is 0.481 e. The topological polar surface area (TPSA) is 83.6 Å². The summed E-state index contributed by atoms with van der Waals surface area (Å²) in [5.74, 6) is -0.854. The van der Waals surface area contributed by atoms with Gasteiger partial charge in [-0.25, -0.2) is 4.79 Å². The number of carboxylic acids is 1. The third kappa shape index (κ3) is 5.05. The second-order valence-electron chi connectivity index (χ2n) is 3.12. The zero-order chi connectivity index (χ0) is 10.4. The molecule has 3 N–H and O–H groups in total. The molecule has 13 heavy (non-hydrogen) atoms. The molecule has 0 atom stereocenters. The molecule has 0 radical (unpaired) electrons. The van der Waals surface area contributed by atoms with Gasteiger partial charge in [-0.3, -0.25) is 4.79 Å². The van der Waals surface area contributed by atoms with Gasteiger partial charge >= 0.3 is 12.0 Å². The number of rotatable bonds is 5. The van der Waals surface area contributed by atoms with E-state index < -0.39 is 12.0 Å². The average Bonchev–Trinajstić information content (AvgIpc) is 1.95. The van der Waals surface area contributed by atoms with E-state index in [1.807, 2.05) is 13.8 Å². The van der Waals surface area contributed by atoms with Crippen LogP contribution >= 0.6 is 0 Å². The van der Waals surface area contributed by atoms with Crippen molar-refractivity contribution < 1.29 is 14.7 Å². The highest BCUT2D eigenvalue weighted by atomic mass is 16.4. The van der Waals surface area contributed by atoms with Gasteiger partial charge in [0.15, 0.2) is 0 Å². The minimum Gasteiger partial charge on any atom is -0.481 e. The molecule has 0 aromatic carbocycles. The van der Waals surface area contributed by atoms with Crippen LogP contribution in [0.1, 0.15) is 26.7 Å². The van der Waals surface area contributed by atoms with Crippen molar-refractivity contribution in [3.05, 3.63) is 0 Å². The highest BCUT2D eigenvalue weighted by Crippen LogP contribution is 2.00. The van der Waals surface area contributed by atoms with Gasteiger partial charge in [-0.1, -0.05) is 0 Å². The molecule has 0 aromatic heterocycles. The van der Waals surface area contributed by atoms with E-state index in [9.17, 15) is 9.59 Å². The van der Waals surface area contributed by atoms with E-state index in [-0.39, 0.29) is 12.5 Å². The first-order chi connectivity index (χ1) is 5.95. The fraction of sp³-hybridized carbons (Fsp3) is 0.750. The lowest BCUT2D eigenvalue weighted by Crippen LogP contribution is -2.41. The summed E-state index contributed by atoms with van der Waals surface area (Å²) in [4.78, 5) is 22.5. The molecule has 0 aliphatic rings. The molecule has 0 saturated carbocycles. The Kier molecular flexibility index (Phi) is 4.87. The van der Waals surface area contributed by atoms with Crippen LogP contribution in [-0.4, -0.2) is 34.6 Å². The molecule has 0 bridgehead atoms. The Morgan fingerprint density at radius 1 is 1.46 bits per heavy atom. The molecular weight excluding hydrogens is 172 g/mol. The quantitative estimate of drug-likeness (QED) is 0.664. The Morgan fingerprint density at radius 3 is 2.31 bits per heavy atom. The highest BCUT2D eigenvalue weighted by Gasteiger charge is 2.12. The van der Waals surface area contributed by atoms with Crippen LogP contribution in [0.15, 0.2) is 0 Å². The molecule has 5 nitrogen and oxygen atoms in total. The molecule has 76 valence electrons. The summed E-state index contributed by atoms with van der Waals surface area (Å²) in [6.07, 6.45) is 0.507. The second kappa shape index (κ2) is 5.40. The van der Waals surface area contributed by atoms with Gasteiger partial charge in [0.1, 0.15) is 0 Å². The van der Waals surface area contributed by atoms with Crippen molar-refractivity contribution in [3.63, 3.8) is 0 Å². The van der Waals surface area contributed by atoms with Crippen molar-refractivity contribution in [3.8, 4) is 0 Å². The maximum atomic E-state index is 10.8. The fourth-order valence-corrected chi connectivity index (χ4v) is 1.02. The van der Waals surface area contributed by atoms with Gasteiger partial charge in [-0.05, 0) is 20.3 Å². The van der Waals surface area contributed by atoms with E-state index in [0.717, 1.165) is 0 Å². The Hall–Kier alpha value is -1.26. The zero-order valence-corrected chi connectivity index (χ0v) is 7.99. The Bertz CT molecular complexity index is 192. The fourth-order valence-electron chi connectivity index (χ4n) is 1.02. The SMILES string of the molecule is CC(C)N(CCCC(=O)O)C(N)=O. The monoisotopic (exact) mass is 188 g/mol. The summed E-state index contributed by atoms with van der Waals surface area (Å²) in [6.45, 7) is 4.08. The summed E-state index contributed by atoms with van der Waals surface area (Å²) in [5, 5.41) is 8.37. The van der Waals surface area contributed by atoms with Gasteiger partial charge in [0.2, 0.25) is 0 Å². The second-order valence-corrected chi connectivity index (χ2v) is 3.12. The lowest BCUT2D eigenvalue weighted by Gasteiger charge is -2.24. The number of urea groups is 1. The van der Waals surface area contributed by atoms with Gasteiger partial charge in [-0.15, -0.1) is 0 Å². The number of primary amides is 1. The van der Waals surface area contributed by atoms with Gasteiger partial charge in [0.05, 0.1) is 0 Å². The number of nitrogens with two attached hydrogens (primary N) is 1. The van der Waals surface area contributed by atoms with E-state index >= 15 is 0 Å². The van der Waals surface area contributed by atoms with Gasteiger partial charge in [-0.2, -0.15) is 0 Å². The molecule has 0 rings (SSSR count). The molecule has 0 aliphatic heterocycles. The molecule has 0 spiro atoms. The number of carboxylic acid groups (broad SMARTS) is 1. The van der Waals surface area contributed by atoms with Crippen LogP contribution in [0.4, 0.5) is 4.79 Å². The van der Waals surface area contributed by atoms with Crippen molar-refractivity contribution in [2.24, 2.45) is 5.73 Å². The van der Waals surface area contributed by atoms with E-state index in [1.54, 1.807) is 0 Å². The summed E-state index contributed by atoms with van der Waals surface area (Å²) in [5.41, 5.74) is 5.09. The number of nitrogens with zero attached hydrogens (tertiary/aromatic N) is 1. The van der Waals surface area contributed by atoms with E-state index in [1.165, 1.54) is 4.90 Å². The standard InChI is InChI=1S/C8H16N2O3/c1-6(2)10(8(9)13)5-3-4-7(11)12/h6H,3-5H2,1-2H3,(H2,9,13)(H,11,12). The first-order valence-corrected chi connectivity index (χ1v) is 4.23. The Labute approximate surface area is 77.5 Å². The van der Waals surface area contributed by atoms with Crippen molar-refractivity contribution in [1.82, 2.24) is 4.90 Å². The predicted molar refractivity (Wildman–Crippen MR) is 48.3 cm³/mol. The van der Waals surface area contributed by atoms with Crippen molar-refractivity contribution in [1.29, 1.82) is 0 Å². The van der Waals surface area contributed by atoms with Crippen molar-refractivity contribution >= 4 is 12.0 Å². The third-order valence-electron chi connectivity index (χ3n) is 1.70. The molecular formula is C8H16N2O3. The van der Waals surface area contributed by atoms with Crippen LogP contribution in [0.25, 0.3) is 0 Å². The predicted octanol–water partition coefficient (Wildman–Crippen LogP) is 0.640. The molecule has 2 amide bonds. The van der Waals surface area contributed by atoms with E-state index in [2.05, 4.69) is 0 Å². The number of carbonyl (C=O) groups is 2. The highest BCUT2D eigenvalue weighted by molar-refractivity contribution is 5.72. The minimum absolute atomic E-state index is 0.0197. The summed E-state index contributed by atoms with van der Waals surface area (Å²) < 4.78 is 0. The lowest BCUT2D eigenvalue weighted by atomic mass is 10.2. The van der Waals surface area contributed by atoms with Crippen LogP contribution in [0.5, 0.6) is 0 Å². The summed E-state index contributed by atoms with van der Waals surface area (Å²) in [6, 6.07) is -0.480. The van der Waals surface area contributed by atoms with Crippen molar-refractivity contribution in [2.75, 3.05) is 6.54 Å². The van der Waals surface area contributed by atoms with Crippen LogP contribution in [0, 0.1) is 0 Å². The normalized spacial score (nSPS) is 10.1. The molecule has 5 heteroatoms. The molecule has 0 aromatic rings. The molecule has 0 fully saturated rings. The average molecular weight is 188 g/mol. The maximum absolute atomic E-state index is 10.8. The van der Waals surface area contributed by atoms with Crippen molar-refractivity contribution in [2.45, 2.75) is 32.7 Å². The van der Waals surface area contributed by atoms with Crippen LogP contribution < -0.4 is 5.73 Å².